The molecule has 0 aliphatic rings. The van der Waals surface area contributed by atoms with Crippen LogP contribution in [-0.4, -0.2) is 20.8 Å². The van der Waals surface area contributed by atoms with Gasteiger partial charge >= 0.3 is 12.1 Å². The van der Waals surface area contributed by atoms with Crippen molar-refractivity contribution in [2.75, 3.05) is 0 Å². The third-order valence-corrected chi connectivity index (χ3v) is 5.39. The fourth-order valence-electron chi connectivity index (χ4n) is 2.56. The fraction of sp³-hybridized carbons (Fsp3) is 0.200. The Hall–Kier alpha value is -2.54. The van der Waals surface area contributed by atoms with Crippen molar-refractivity contribution in [2.24, 2.45) is 0 Å². The number of fused-ring (bicyclic) bond motifs is 1. The highest BCUT2D eigenvalue weighted by atomic mass is 32.2. The number of rotatable bonds is 4. The Labute approximate surface area is 158 Å². The van der Waals surface area contributed by atoms with Gasteiger partial charge in [0.15, 0.2) is 0 Å². The molecule has 0 bridgehead atoms. The lowest BCUT2D eigenvalue weighted by atomic mass is 10.0. The van der Waals surface area contributed by atoms with Crippen LogP contribution >= 0.6 is 11.8 Å². The molecular weight excluding hydrogens is 375 g/mol. The molecule has 27 heavy (non-hydrogen) atoms. The summed E-state index contributed by atoms with van der Waals surface area (Å²) in [6.45, 7) is 3.23. The van der Waals surface area contributed by atoms with Crippen molar-refractivity contribution in [3.05, 3.63) is 60.3 Å². The number of carboxylic acid groups (broad SMARTS) is 1. The molecule has 0 spiro atoms. The number of hydrogen-bond acceptors (Lipinski definition) is 3. The Kier molecular flexibility index (Phi) is 4.90. The van der Waals surface area contributed by atoms with E-state index in [2.05, 4.69) is 4.98 Å². The first-order valence-corrected chi connectivity index (χ1v) is 8.88. The predicted octanol–water partition coefficient (Wildman–Crippen LogP) is 5.88. The highest BCUT2D eigenvalue weighted by Crippen LogP contribution is 2.38. The van der Waals surface area contributed by atoms with E-state index in [1.807, 2.05) is 6.07 Å². The molecule has 2 aromatic carbocycles. The van der Waals surface area contributed by atoms with Gasteiger partial charge in [-0.15, -0.1) is 11.8 Å². The van der Waals surface area contributed by atoms with Crippen LogP contribution in [0.3, 0.4) is 0 Å². The van der Waals surface area contributed by atoms with Crippen LogP contribution in [0.2, 0.25) is 0 Å². The third-order valence-electron chi connectivity index (χ3n) is 4.13. The number of carboxylic acids is 1. The van der Waals surface area contributed by atoms with Gasteiger partial charge in [0.1, 0.15) is 4.75 Å². The summed E-state index contributed by atoms with van der Waals surface area (Å²) in [5.41, 5.74) is 1.37. The molecule has 1 aromatic heterocycles. The van der Waals surface area contributed by atoms with E-state index in [1.165, 1.54) is 23.9 Å². The number of aromatic nitrogens is 1. The molecule has 0 aliphatic heterocycles. The van der Waals surface area contributed by atoms with E-state index >= 15 is 0 Å². The minimum absolute atomic E-state index is 0.641. The highest BCUT2D eigenvalue weighted by molar-refractivity contribution is 8.01. The van der Waals surface area contributed by atoms with Crippen LogP contribution in [0.25, 0.3) is 22.0 Å². The largest absolute Gasteiger partial charge is 0.480 e. The van der Waals surface area contributed by atoms with Crippen LogP contribution in [0.4, 0.5) is 13.2 Å². The average molecular weight is 391 g/mol. The van der Waals surface area contributed by atoms with Crippen molar-refractivity contribution >= 4 is 28.6 Å². The number of thioether (sulfide) groups is 1. The standard InChI is InChI=1S/C20H16F3NO2S/c1-19(2,18(25)26)27-17-9-10-24-16-8-5-13(11-15(16)17)12-3-6-14(7-4-12)20(21,22)23/h3-11H,1-2H3,(H,25,26). The van der Waals surface area contributed by atoms with Crippen LogP contribution in [0.15, 0.2) is 59.6 Å². The van der Waals surface area contributed by atoms with Gasteiger partial charge in [-0.2, -0.15) is 13.2 Å². The van der Waals surface area contributed by atoms with Crippen molar-refractivity contribution < 1.29 is 23.1 Å². The maximum atomic E-state index is 12.7. The lowest BCUT2D eigenvalue weighted by molar-refractivity contribution is -0.139. The number of carbonyl (C=O) groups is 1. The maximum Gasteiger partial charge on any atom is 0.416 e. The molecule has 0 radical (unpaired) electrons. The second-order valence-electron chi connectivity index (χ2n) is 6.53. The van der Waals surface area contributed by atoms with Crippen LogP contribution in [0, 0.1) is 0 Å². The lowest BCUT2D eigenvalue weighted by Gasteiger charge is -2.19. The van der Waals surface area contributed by atoms with E-state index in [9.17, 15) is 23.1 Å². The zero-order chi connectivity index (χ0) is 19.8. The van der Waals surface area contributed by atoms with E-state index in [4.69, 9.17) is 0 Å². The highest BCUT2D eigenvalue weighted by Gasteiger charge is 2.30. The second kappa shape index (κ2) is 6.88. The molecule has 3 rings (SSSR count). The van der Waals surface area contributed by atoms with E-state index < -0.39 is 22.5 Å². The summed E-state index contributed by atoms with van der Waals surface area (Å²) in [5.74, 6) is -0.934. The summed E-state index contributed by atoms with van der Waals surface area (Å²) in [7, 11) is 0. The summed E-state index contributed by atoms with van der Waals surface area (Å²) < 4.78 is 37.2. The van der Waals surface area contributed by atoms with Gasteiger partial charge in [0.2, 0.25) is 0 Å². The van der Waals surface area contributed by atoms with Gasteiger partial charge in [0, 0.05) is 16.5 Å². The minimum atomic E-state index is -4.38. The van der Waals surface area contributed by atoms with Gasteiger partial charge < -0.3 is 5.11 Å². The van der Waals surface area contributed by atoms with Gasteiger partial charge in [-0.05, 0) is 55.3 Å². The Bertz CT molecular complexity index is 998. The van der Waals surface area contributed by atoms with Crippen LogP contribution in [-0.2, 0) is 11.0 Å². The molecule has 0 unspecified atom stereocenters. The van der Waals surface area contributed by atoms with Crippen molar-refractivity contribution in [1.82, 2.24) is 4.98 Å². The van der Waals surface area contributed by atoms with Gasteiger partial charge in [0.05, 0.1) is 11.1 Å². The molecule has 3 nitrogen and oxygen atoms in total. The first kappa shape index (κ1) is 19.2. The van der Waals surface area contributed by atoms with Crippen molar-refractivity contribution in [3.8, 4) is 11.1 Å². The molecular formula is C20H16F3NO2S. The molecule has 0 saturated carbocycles. The van der Waals surface area contributed by atoms with Gasteiger partial charge in [0.25, 0.3) is 0 Å². The Balaban J connectivity index is 2.04. The summed E-state index contributed by atoms with van der Waals surface area (Å²) in [6, 6.07) is 12.1. The van der Waals surface area contributed by atoms with E-state index in [1.54, 1.807) is 38.2 Å². The second-order valence-corrected chi connectivity index (χ2v) is 8.20. The Morgan fingerprint density at radius 2 is 1.63 bits per heavy atom. The maximum absolute atomic E-state index is 12.7. The first-order chi connectivity index (χ1) is 12.6. The van der Waals surface area contributed by atoms with E-state index in [0.717, 1.165) is 28.0 Å². The quantitative estimate of drug-likeness (QED) is 0.565. The fourth-order valence-corrected chi connectivity index (χ4v) is 3.60. The Morgan fingerprint density at radius 1 is 1.00 bits per heavy atom. The summed E-state index contributed by atoms with van der Waals surface area (Å²) in [5, 5.41) is 10.1. The third kappa shape index (κ3) is 4.08. The molecule has 140 valence electrons. The molecule has 1 heterocycles. The molecule has 0 fully saturated rings. The van der Waals surface area contributed by atoms with Crippen molar-refractivity contribution in [2.45, 2.75) is 29.7 Å². The summed E-state index contributed by atoms with van der Waals surface area (Å²) in [4.78, 5) is 16.5. The lowest BCUT2D eigenvalue weighted by Crippen LogP contribution is -2.26. The summed E-state index contributed by atoms with van der Waals surface area (Å²) >= 11 is 1.20. The number of pyridine rings is 1. The monoisotopic (exact) mass is 391 g/mol. The number of halogens is 3. The summed E-state index contributed by atoms with van der Waals surface area (Å²) in [6.07, 6.45) is -2.77. The van der Waals surface area contributed by atoms with E-state index in [0.29, 0.717) is 11.1 Å². The van der Waals surface area contributed by atoms with E-state index in [-0.39, 0.29) is 0 Å². The minimum Gasteiger partial charge on any atom is -0.480 e. The van der Waals surface area contributed by atoms with Crippen molar-refractivity contribution in [1.29, 1.82) is 0 Å². The van der Waals surface area contributed by atoms with Gasteiger partial charge in [-0.1, -0.05) is 18.2 Å². The number of aliphatic carboxylic acids is 1. The molecule has 0 saturated heterocycles. The Morgan fingerprint density at radius 3 is 2.22 bits per heavy atom. The number of nitrogens with zero attached hydrogens (tertiary/aromatic N) is 1. The SMILES string of the molecule is CC(C)(Sc1ccnc2ccc(-c3ccc(C(F)(F)F)cc3)cc12)C(=O)O. The zero-order valence-corrected chi connectivity index (χ0v) is 15.4. The normalized spacial score (nSPS) is 12.3. The molecule has 7 heteroatoms. The van der Waals surface area contributed by atoms with Crippen molar-refractivity contribution in [3.63, 3.8) is 0 Å². The topological polar surface area (TPSA) is 50.2 Å². The predicted molar refractivity (Wildman–Crippen MR) is 99.8 cm³/mol. The molecule has 1 N–H and O–H groups in total. The zero-order valence-electron chi connectivity index (χ0n) is 14.5. The molecule has 0 atom stereocenters. The van der Waals surface area contributed by atoms with Crippen LogP contribution < -0.4 is 0 Å². The van der Waals surface area contributed by atoms with Crippen LogP contribution in [0.1, 0.15) is 19.4 Å². The average Bonchev–Trinajstić information content (AvgIpc) is 2.61. The number of hydrogen-bond donors (Lipinski definition) is 1. The van der Waals surface area contributed by atoms with Crippen LogP contribution in [0.5, 0.6) is 0 Å². The van der Waals surface area contributed by atoms with Gasteiger partial charge in [-0.25, -0.2) is 0 Å². The molecule has 0 aliphatic carbocycles. The van der Waals surface area contributed by atoms with Gasteiger partial charge in [-0.3, -0.25) is 9.78 Å². The molecule has 3 aromatic rings. The molecule has 0 amide bonds. The number of alkyl halides is 3. The number of benzene rings is 2. The first-order valence-electron chi connectivity index (χ1n) is 8.07. The smallest absolute Gasteiger partial charge is 0.416 e.